The summed E-state index contributed by atoms with van der Waals surface area (Å²) >= 11 is 11.9. The van der Waals surface area contributed by atoms with Crippen LogP contribution in [0.4, 0.5) is 0 Å². The highest BCUT2D eigenvalue weighted by Gasteiger charge is 2.19. The van der Waals surface area contributed by atoms with E-state index in [1.165, 1.54) is 12.1 Å². The maximum absolute atomic E-state index is 12.5. The zero-order valence-electron chi connectivity index (χ0n) is 14.8. The molecular formula is C20H20Cl2NO3-. The molecule has 1 atom stereocenters. The first kappa shape index (κ1) is 20.3. The summed E-state index contributed by atoms with van der Waals surface area (Å²) in [6.45, 7) is 6.26. The number of carboxylic acid groups (broad SMARTS) is 1. The average Bonchev–Trinajstić information content (AvgIpc) is 2.53. The number of hydrogen-bond donors (Lipinski definition) is 1. The number of rotatable bonds is 5. The predicted molar refractivity (Wildman–Crippen MR) is 101 cm³/mol. The Hall–Kier alpha value is -2.04. The van der Waals surface area contributed by atoms with Gasteiger partial charge in [-0.05, 0) is 34.7 Å². The largest absolute Gasteiger partial charge is 0.550 e. The summed E-state index contributed by atoms with van der Waals surface area (Å²) in [5.74, 6) is -1.73. The molecule has 2 aromatic rings. The third-order valence-corrected chi connectivity index (χ3v) is 4.58. The maximum atomic E-state index is 12.5. The molecule has 0 saturated heterocycles. The van der Waals surface area contributed by atoms with Crippen molar-refractivity contribution in [2.75, 3.05) is 0 Å². The Morgan fingerprint density at radius 2 is 1.69 bits per heavy atom. The second kappa shape index (κ2) is 8.11. The molecule has 0 saturated carbocycles. The van der Waals surface area contributed by atoms with E-state index in [1.54, 1.807) is 6.07 Å². The number of carbonyl (C=O) groups excluding carboxylic acids is 2. The van der Waals surface area contributed by atoms with Crippen LogP contribution in [0.2, 0.25) is 10.0 Å². The molecule has 0 spiro atoms. The van der Waals surface area contributed by atoms with Crippen molar-refractivity contribution >= 4 is 35.1 Å². The quantitative estimate of drug-likeness (QED) is 0.838. The lowest BCUT2D eigenvalue weighted by molar-refractivity contribution is -0.306. The highest BCUT2D eigenvalue weighted by atomic mass is 35.5. The first-order chi connectivity index (χ1) is 12.1. The molecule has 2 rings (SSSR count). The van der Waals surface area contributed by atoms with Crippen molar-refractivity contribution in [2.24, 2.45) is 0 Å². The molecule has 0 fully saturated rings. The Labute approximate surface area is 163 Å². The van der Waals surface area contributed by atoms with Crippen molar-refractivity contribution in [3.63, 3.8) is 0 Å². The van der Waals surface area contributed by atoms with Gasteiger partial charge in [0.2, 0.25) is 0 Å². The van der Waals surface area contributed by atoms with Crippen molar-refractivity contribution in [1.82, 2.24) is 5.32 Å². The van der Waals surface area contributed by atoms with Crippen LogP contribution in [0.15, 0.2) is 42.5 Å². The van der Waals surface area contributed by atoms with E-state index in [4.69, 9.17) is 23.2 Å². The number of benzene rings is 2. The van der Waals surface area contributed by atoms with Crippen LogP contribution in [0.5, 0.6) is 0 Å². The summed E-state index contributed by atoms with van der Waals surface area (Å²) in [6, 6.07) is 11.3. The van der Waals surface area contributed by atoms with Gasteiger partial charge in [-0.15, -0.1) is 0 Å². The standard InChI is InChI=1S/C20H21Cl2NO3/c1-20(2,3)13-6-4-12(5-7-13)17(11-18(24)25)23-19(26)15-9-8-14(21)10-16(15)22/h4-10,17H,11H2,1-3H3,(H,23,26)(H,24,25)/p-1/t17-/m0/s1. The SMILES string of the molecule is CC(C)(C)c1ccc([C@H](CC(=O)[O-])NC(=O)c2ccc(Cl)cc2Cl)cc1. The highest BCUT2D eigenvalue weighted by molar-refractivity contribution is 6.36. The fraction of sp³-hybridized carbons (Fsp3) is 0.300. The topological polar surface area (TPSA) is 69.2 Å². The van der Waals surface area contributed by atoms with Gasteiger partial charge in [-0.3, -0.25) is 4.79 Å². The number of carbonyl (C=O) groups is 2. The molecule has 138 valence electrons. The van der Waals surface area contributed by atoms with Gasteiger partial charge in [0.25, 0.3) is 5.91 Å². The summed E-state index contributed by atoms with van der Waals surface area (Å²) in [4.78, 5) is 23.6. The van der Waals surface area contributed by atoms with Gasteiger partial charge in [-0.25, -0.2) is 0 Å². The average molecular weight is 393 g/mol. The number of hydrogen-bond acceptors (Lipinski definition) is 3. The Morgan fingerprint density at radius 3 is 2.19 bits per heavy atom. The smallest absolute Gasteiger partial charge is 0.253 e. The summed E-state index contributed by atoms with van der Waals surface area (Å²) in [5, 5.41) is 14.5. The monoisotopic (exact) mass is 392 g/mol. The van der Waals surface area contributed by atoms with E-state index in [9.17, 15) is 14.7 Å². The molecule has 6 heteroatoms. The molecule has 2 aromatic carbocycles. The molecular weight excluding hydrogens is 373 g/mol. The number of nitrogens with one attached hydrogen (secondary N) is 1. The zero-order valence-corrected chi connectivity index (χ0v) is 16.3. The first-order valence-electron chi connectivity index (χ1n) is 8.14. The fourth-order valence-electron chi connectivity index (χ4n) is 2.54. The van der Waals surface area contributed by atoms with Crippen molar-refractivity contribution in [2.45, 2.75) is 38.6 Å². The van der Waals surface area contributed by atoms with Crippen LogP contribution in [-0.2, 0) is 10.2 Å². The van der Waals surface area contributed by atoms with E-state index in [2.05, 4.69) is 26.1 Å². The van der Waals surface area contributed by atoms with E-state index in [0.717, 1.165) is 5.56 Å². The molecule has 0 aliphatic rings. The predicted octanol–water partition coefficient (Wildman–Crippen LogP) is 3.90. The van der Waals surface area contributed by atoms with Crippen molar-refractivity contribution in [1.29, 1.82) is 0 Å². The minimum atomic E-state index is -1.25. The number of carboxylic acids is 1. The second-order valence-corrected chi connectivity index (χ2v) is 7.94. The Bertz CT molecular complexity index is 811. The molecule has 0 aliphatic carbocycles. The first-order valence-corrected chi connectivity index (χ1v) is 8.89. The number of amides is 1. The van der Waals surface area contributed by atoms with Crippen LogP contribution in [-0.4, -0.2) is 11.9 Å². The van der Waals surface area contributed by atoms with Crippen LogP contribution < -0.4 is 10.4 Å². The second-order valence-electron chi connectivity index (χ2n) is 7.10. The van der Waals surface area contributed by atoms with E-state index >= 15 is 0 Å². The normalized spacial score (nSPS) is 12.5. The summed E-state index contributed by atoms with van der Waals surface area (Å²) in [6.07, 6.45) is -0.341. The molecule has 0 radical (unpaired) electrons. The van der Waals surface area contributed by atoms with Gasteiger partial charge >= 0.3 is 0 Å². The van der Waals surface area contributed by atoms with Gasteiger partial charge in [0.15, 0.2) is 0 Å². The van der Waals surface area contributed by atoms with Gasteiger partial charge in [0, 0.05) is 17.4 Å². The van der Waals surface area contributed by atoms with E-state index in [-0.39, 0.29) is 22.4 Å². The summed E-state index contributed by atoms with van der Waals surface area (Å²) in [5.41, 5.74) is 1.99. The molecule has 26 heavy (non-hydrogen) atoms. The Kier molecular flexibility index (Phi) is 6.32. The lowest BCUT2D eigenvalue weighted by Gasteiger charge is -2.23. The molecule has 1 N–H and O–H groups in total. The summed E-state index contributed by atoms with van der Waals surface area (Å²) in [7, 11) is 0. The van der Waals surface area contributed by atoms with Crippen molar-refractivity contribution in [3.8, 4) is 0 Å². The van der Waals surface area contributed by atoms with Gasteiger partial charge < -0.3 is 15.2 Å². The molecule has 0 heterocycles. The molecule has 4 nitrogen and oxygen atoms in total. The Balaban J connectivity index is 2.27. The van der Waals surface area contributed by atoms with Crippen LogP contribution in [0.1, 0.15) is 54.7 Å². The molecule has 0 unspecified atom stereocenters. The van der Waals surface area contributed by atoms with Gasteiger partial charge in [0.1, 0.15) is 0 Å². The van der Waals surface area contributed by atoms with Crippen molar-refractivity contribution in [3.05, 3.63) is 69.2 Å². The van der Waals surface area contributed by atoms with Crippen LogP contribution >= 0.6 is 23.2 Å². The van der Waals surface area contributed by atoms with Crippen LogP contribution in [0.3, 0.4) is 0 Å². The van der Waals surface area contributed by atoms with E-state index in [1.807, 2.05) is 24.3 Å². The lowest BCUT2D eigenvalue weighted by Crippen LogP contribution is -2.34. The summed E-state index contributed by atoms with van der Waals surface area (Å²) < 4.78 is 0. The molecule has 0 aromatic heterocycles. The third-order valence-electron chi connectivity index (χ3n) is 4.03. The van der Waals surface area contributed by atoms with Crippen LogP contribution in [0.25, 0.3) is 0 Å². The Morgan fingerprint density at radius 1 is 1.08 bits per heavy atom. The minimum absolute atomic E-state index is 0.0253. The zero-order chi connectivity index (χ0) is 19.5. The highest BCUT2D eigenvalue weighted by Crippen LogP contribution is 2.26. The van der Waals surface area contributed by atoms with Crippen molar-refractivity contribution < 1.29 is 14.7 Å². The van der Waals surface area contributed by atoms with Crippen LogP contribution in [0, 0.1) is 0 Å². The van der Waals surface area contributed by atoms with Gasteiger partial charge in [0.05, 0.1) is 16.6 Å². The number of halogens is 2. The minimum Gasteiger partial charge on any atom is -0.550 e. The molecule has 0 aliphatic heterocycles. The third kappa shape index (κ3) is 5.23. The fourth-order valence-corrected chi connectivity index (χ4v) is 3.04. The van der Waals surface area contributed by atoms with E-state index < -0.39 is 17.9 Å². The maximum Gasteiger partial charge on any atom is 0.253 e. The number of aliphatic carboxylic acids is 1. The molecule has 0 bridgehead atoms. The molecule has 1 amide bonds. The van der Waals surface area contributed by atoms with Gasteiger partial charge in [-0.1, -0.05) is 68.2 Å². The van der Waals surface area contributed by atoms with Gasteiger partial charge in [-0.2, -0.15) is 0 Å². The lowest BCUT2D eigenvalue weighted by atomic mass is 9.86. The van der Waals surface area contributed by atoms with E-state index in [0.29, 0.717) is 10.6 Å².